The second-order valence-electron chi connectivity index (χ2n) is 8.14. The maximum absolute atomic E-state index is 12.2. The Morgan fingerprint density at radius 1 is 1.19 bits per heavy atom. The minimum absolute atomic E-state index is 0.0366. The molecule has 0 spiro atoms. The van der Waals surface area contributed by atoms with Gasteiger partial charge in [0.15, 0.2) is 0 Å². The lowest BCUT2D eigenvalue weighted by Crippen LogP contribution is -2.42. The summed E-state index contributed by atoms with van der Waals surface area (Å²) >= 11 is 0. The molecule has 1 amide bonds. The highest BCUT2D eigenvalue weighted by molar-refractivity contribution is 5.98. The van der Waals surface area contributed by atoms with Gasteiger partial charge in [-0.15, -0.1) is 0 Å². The number of anilines is 1. The van der Waals surface area contributed by atoms with Crippen LogP contribution in [-0.4, -0.2) is 47.5 Å². The van der Waals surface area contributed by atoms with E-state index in [1.54, 1.807) is 0 Å². The number of nitrogens with zero attached hydrogens (tertiary/aromatic N) is 1. The number of likely N-dealkylation sites (tertiary alicyclic amines) is 1. The second kappa shape index (κ2) is 8.12. The van der Waals surface area contributed by atoms with Crippen molar-refractivity contribution in [1.29, 1.82) is 0 Å². The van der Waals surface area contributed by atoms with Gasteiger partial charge in [-0.05, 0) is 56.9 Å². The molecule has 142 valence electrons. The number of aromatic amines is 1. The minimum Gasteiger partial charge on any atom is -0.382 e. The van der Waals surface area contributed by atoms with Crippen molar-refractivity contribution in [3.8, 4) is 0 Å². The molecule has 26 heavy (non-hydrogen) atoms. The van der Waals surface area contributed by atoms with Crippen molar-refractivity contribution in [3.63, 3.8) is 0 Å². The van der Waals surface area contributed by atoms with Crippen molar-refractivity contribution in [3.05, 3.63) is 30.0 Å². The zero-order valence-corrected chi connectivity index (χ0v) is 16.4. The van der Waals surface area contributed by atoms with Crippen LogP contribution in [0.15, 0.2) is 24.3 Å². The van der Waals surface area contributed by atoms with E-state index in [0.717, 1.165) is 29.7 Å². The molecule has 0 saturated carbocycles. The second-order valence-corrected chi connectivity index (χ2v) is 8.14. The first-order valence-electron chi connectivity index (χ1n) is 9.84. The van der Waals surface area contributed by atoms with Gasteiger partial charge in [-0.1, -0.05) is 13.8 Å². The first-order chi connectivity index (χ1) is 12.4. The molecule has 5 nitrogen and oxygen atoms in total. The van der Waals surface area contributed by atoms with E-state index in [1.807, 2.05) is 6.07 Å². The highest BCUT2D eigenvalue weighted by atomic mass is 16.1. The van der Waals surface area contributed by atoms with Gasteiger partial charge in [-0.3, -0.25) is 4.79 Å². The summed E-state index contributed by atoms with van der Waals surface area (Å²) in [7, 11) is 0. The Kier molecular flexibility index (Phi) is 5.87. The standard InChI is InChI=1S/C21H32N4O/c1-14(2)13-22-21(26)20-12-16-11-18(5-6-19(16)24-20)23-17-7-9-25(10-8-17)15(3)4/h5-6,11-12,14-15,17,23-24H,7-10,13H2,1-4H3,(H,22,26). The number of nitrogens with one attached hydrogen (secondary N) is 3. The monoisotopic (exact) mass is 356 g/mol. The smallest absolute Gasteiger partial charge is 0.267 e. The summed E-state index contributed by atoms with van der Waals surface area (Å²) in [5.41, 5.74) is 2.76. The Balaban J connectivity index is 1.63. The van der Waals surface area contributed by atoms with Crippen molar-refractivity contribution in [2.24, 2.45) is 5.92 Å². The summed E-state index contributed by atoms with van der Waals surface area (Å²) in [5, 5.41) is 7.71. The van der Waals surface area contributed by atoms with Crippen LogP contribution in [0.3, 0.4) is 0 Å². The average molecular weight is 357 g/mol. The molecular weight excluding hydrogens is 324 g/mol. The zero-order chi connectivity index (χ0) is 18.7. The van der Waals surface area contributed by atoms with Crippen LogP contribution in [0, 0.1) is 5.92 Å². The lowest BCUT2D eigenvalue weighted by atomic mass is 10.0. The quantitative estimate of drug-likeness (QED) is 0.737. The third kappa shape index (κ3) is 4.58. The van der Waals surface area contributed by atoms with Crippen LogP contribution in [-0.2, 0) is 0 Å². The van der Waals surface area contributed by atoms with Crippen LogP contribution >= 0.6 is 0 Å². The number of carbonyl (C=O) groups excluding carboxylic acids is 1. The number of aromatic nitrogens is 1. The number of rotatable bonds is 6. The van der Waals surface area contributed by atoms with Gasteiger partial charge >= 0.3 is 0 Å². The van der Waals surface area contributed by atoms with Gasteiger partial charge in [0.25, 0.3) is 5.91 Å². The normalized spacial score (nSPS) is 16.5. The van der Waals surface area contributed by atoms with Crippen molar-refractivity contribution in [2.75, 3.05) is 25.0 Å². The summed E-state index contributed by atoms with van der Waals surface area (Å²) in [6.45, 7) is 11.7. The summed E-state index contributed by atoms with van der Waals surface area (Å²) in [5.74, 6) is 0.409. The number of fused-ring (bicyclic) bond motifs is 1. The molecule has 0 unspecified atom stereocenters. The van der Waals surface area contributed by atoms with E-state index in [1.165, 1.54) is 12.8 Å². The summed E-state index contributed by atoms with van der Waals surface area (Å²) in [6, 6.07) is 9.39. The lowest BCUT2D eigenvalue weighted by molar-refractivity contribution is 0.0945. The molecule has 3 rings (SSSR count). The number of piperidine rings is 1. The van der Waals surface area contributed by atoms with E-state index in [0.29, 0.717) is 30.2 Å². The van der Waals surface area contributed by atoms with Gasteiger partial charge < -0.3 is 20.5 Å². The SMILES string of the molecule is CC(C)CNC(=O)c1cc2cc(NC3CCN(C(C)C)CC3)ccc2[nH]1. The Bertz CT molecular complexity index is 742. The molecule has 1 aromatic carbocycles. The van der Waals surface area contributed by atoms with Gasteiger partial charge in [0.05, 0.1) is 0 Å². The van der Waals surface area contributed by atoms with E-state index < -0.39 is 0 Å². The highest BCUT2D eigenvalue weighted by Crippen LogP contribution is 2.23. The number of hydrogen-bond acceptors (Lipinski definition) is 3. The van der Waals surface area contributed by atoms with Crippen LogP contribution in [0.25, 0.3) is 10.9 Å². The fourth-order valence-corrected chi connectivity index (χ4v) is 3.53. The molecule has 1 aromatic heterocycles. The van der Waals surface area contributed by atoms with Gasteiger partial charge in [0.1, 0.15) is 5.69 Å². The first-order valence-corrected chi connectivity index (χ1v) is 9.84. The molecular formula is C21H32N4O. The Hall–Kier alpha value is -2.01. The Morgan fingerprint density at radius 3 is 2.58 bits per heavy atom. The predicted molar refractivity (Wildman–Crippen MR) is 109 cm³/mol. The minimum atomic E-state index is -0.0366. The molecule has 3 N–H and O–H groups in total. The topological polar surface area (TPSA) is 60.2 Å². The fraction of sp³-hybridized carbons (Fsp3) is 0.571. The van der Waals surface area contributed by atoms with Crippen LogP contribution < -0.4 is 10.6 Å². The number of carbonyl (C=O) groups is 1. The molecule has 0 radical (unpaired) electrons. The molecule has 0 bridgehead atoms. The van der Waals surface area contributed by atoms with Gasteiger partial charge in [0, 0.05) is 48.3 Å². The van der Waals surface area contributed by atoms with Gasteiger partial charge in [-0.25, -0.2) is 0 Å². The third-order valence-electron chi connectivity index (χ3n) is 5.17. The van der Waals surface area contributed by atoms with Gasteiger partial charge in [0.2, 0.25) is 0 Å². The molecule has 2 heterocycles. The summed E-state index contributed by atoms with van der Waals surface area (Å²) in [4.78, 5) is 18.0. The number of benzene rings is 1. The molecule has 2 aromatic rings. The molecule has 5 heteroatoms. The largest absolute Gasteiger partial charge is 0.382 e. The van der Waals surface area contributed by atoms with E-state index in [2.05, 4.69) is 66.4 Å². The summed E-state index contributed by atoms with van der Waals surface area (Å²) < 4.78 is 0. The maximum atomic E-state index is 12.2. The molecule has 1 saturated heterocycles. The third-order valence-corrected chi connectivity index (χ3v) is 5.17. The number of hydrogen-bond donors (Lipinski definition) is 3. The molecule has 1 fully saturated rings. The van der Waals surface area contributed by atoms with Crippen molar-refractivity contribution < 1.29 is 4.79 Å². The average Bonchev–Trinajstić information content (AvgIpc) is 3.03. The van der Waals surface area contributed by atoms with Crippen molar-refractivity contribution in [1.82, 2.24) is 15.2 Å². The van der Waals surface area contributed by atoms with E-state index in [4.69, 9.17) is 0 Å². The van der Waals surface area contributed by atoms with E-state index in [-0.39, 0.29) is 5.91 Å². The van der Waals surface area contributed by atoms with Crippen molar-refractivity contribution in [2.45, 2.75) is 52.6 Å². The number of H-pyrrole nitrogens is 1. The van der Waals surface area contributed by atoms with Crippen LogP contribution in [0.2, 0.25) is 0 Å². The number of amides is 1. The summed E-state index contributed by atoms with van der Waals surface area (Å²) in [6.07, 6.45) is 2.35. The molecule has 0 aliphatic carbocycles. The zero-order valence-electron chi connectivity index (χ0n) is 16.4. The maximum Gasteiger partial charge on any atom is 0.267 e. The molecule has 1 aliphatic heterocycles. The first kappa shape index (κ1) is 18.8. The molecule has 1 aliphatic rings. The van der Waals surface area contributed by atoms with Crippen LogP contribution in [0.1, 0.15) is 51.0 Å². The fourth-order valence-electron chi connectivity index (χ4n) is 3.53. The highest BCUT2D eigenvalue weighted by Gasteiger charge is 2.20. The van der Waals surface area contributed by atoms with E-state index in [9.17, 15) is 4.79 Å². The van der Waals surface area contributed by atoms with Crippen molar-refractivity contribution >= 4 is 22.5 Å². The van der Waals surface area contributed by atoms with Crippen LogP contribution in [0.5, 0.6) is 0 Å². The van der Waals surface area contributed by atoms with E-state index >= 15 is 0 Å². The van der Waals surface area contributed by atoms with Crippen LogP contribution in [0.4, 0.5) is 5.69 Å². The Labute approximate surface area is 156 Å². The Morgan fingerprint density at radius 2 is 1.92 bits per heavy atom. The molecule has 0 atom stereocenters. The van der Waals surface area contributed by atoms with Gasteiger partial charge in [-0.2, -0.15) is 0 Å². The predicted octanol–water partition coefficient (Wildman–Crippen LogP) is 3.84. The lowest BCUT2D eigenvalue weighted by Gasteiger charge is -2.35.